The van der Waals surface area contributed by atoms with Gasteiger partial charge in [-0.15, -0.1) is 11.8 Å². The van der Waals surface area contributed by atoms with Crippen molar-refractivity contribution in [3.63, 3.8) is 0 Å². The Kier molecular flexibility index (Phi) is 7.24. The van der Waals surface area contributed by atoms with Crippen LogP contribution in [0, 0.1) is 5.92 Å². The summed E-state index contributed by atoms with van der Waals surface area (Å²) in [5, 5.41) is 15.3. The van der Waals surface area contributed by atoms with Crippen LogP contribution in [-0.2, 0) is 16.0 Å². The molecular weight excluding hydrogens is 462 g/mol. The monoisotopic (exact) mass is 495 g/mol. The number of hydrogen-bond donors (Lipinski definition) is 3. The van der Waals surface area contributed by atoms with Crippen LogP contribution >= 0.6 is 11.8 Å². The quantitative estimate of drug-likeness (QED) is 0.523. The summed E-state index contributed by atoms with van der Waals surface area (Å²) >= 11 is 1.59. The molecule has 186 valence electrons. The first-order chi connectivity index (χ1) is 16.6. The van der Waals surface area contributed by atoms with E-state index in [4.69, 9.17) is 0 Å². The number of rotatable bonds is 8. The van der Waals surface area contributed by atoms with E-state index in [0.29, 0.717) is 12.0 Å². The van der Waals surface area contributed by atoms with Crippen molar-refractivity contribution in [3.05, 3.63) is 71.3 Å². The second-order valence-electron chi connectivity index (χ2n) is 10.1. The van der Waals surface area contributed by atoms with E-state index in [1.165, 1.54) is 0 Å². The maximum Gasteiger partial charge on any atom is 0.256 e. The van der Waals surface area contributed by atoms with E-state index >= 15 is 0 Å². The molecule has 1 unspecified atom stereocenters. The SMILES string of the molecule is CC(C)[C@@H](CO)NC(=O)[C@H](Cc1ccccc1)NC(=O)[C@H]1N2C(=O)c3ccccc3C2SC1(C)C. The second-order valence-corrected chi connectivity index (χ2v) is 11.8. The Bertz CT molecular complexity index is 1100. The van der Waals surface area contributed by atoms with E-state index < -0.39 is 22.9 Å². The number of aliphatic hydroxyl groups is 1. The summed E-state index contributed by atoms with van der Waals surface area (Å²) in [4.78, 5) is 42.0. The number of benzene rings is 2. The van der Waals surface area contributed by atoms with Gasteiger partial charge in [0, 0.05) is 16.7 Å². The Balaban J connectivity index is 1.59. The van der Waals surface area contributed by atoms with Crippen LogP contribution in [0.4, 0.5) is 0 Å². The molecule has 0 spiro atoms. The van der Waals surface area contributed by atoms with E-state index in [0.717, 1.165) is 11.1 Å². The number of carbonyl (C=O) groups is 3. The summed E-state index contributed by atoms with van der Waals surface area (Å²) in [6.45, 7) is 7.57. The number of amides is 3. The molecule has 0 aromatic heterocycles. The molecule has 0 saturated carbocycles. The fourth-order valence-corrected chi connectivity index (χ4v) is 6.41. The van der Waals surface area contributed by atoms with Gasteiger partial charge in [-0.1, -0.05) is 62.4 Å². The van der Waals surface area contributed by atoms with Gasteiger partial charge in [0.2, 0.25) is 11.8 Å². The number of nitrogens with zero attached hydrogens (tertiary/aromatic N) is 1. The van der Waals surface area contributed by atoms with Gasteiger partial charge >= 0.3 is 0 Å². The van der Waals surface area contributed by atoms with Crippen LogP contribution in [0.1, 0.15) is 54.6 Å². The molecule has 4 atom stereocenters. The molecule has 1 fully saturated rings. The molecule has 0 radical (unpaired) electrons. The van der Waals surface area contributed by atoms with Gasteiger partial charge in [-0.05, 0) is 37.0 Å². The average Bonchev–Trinajstić information content (AvgIpc) is 3.26. The van der Waals surface area contributed by atoms with Gasteiger partial charge in [-0.25, -0.2) is 0 Å². The topological polar surface area (TPSA) is 98.7 Å². The number of carbonyl (C=O) groups excluding carboxylic acids is 3. The third-order valence-corrected chi connectivity index (χ3v) is 8.32. The van der Waals surface area contributed by atoms with Gasteiger partial charge in [0.15, 0.2) is 0 Å². The number of nitrogens with one attached hydrogen (secondary N) is 2. The highest BCUT2D eigenvalue weighted by Crippen LogP contribution is 2.56. The summed E-state index contributed by atoms with van der Waals surface area (Å²) < 4.78 is -0.544. The van der Waals surface area contributed by atoms with Crippen molar-refractivity contribution in [2.75, 3.05) is 6.61 Å². The zero-order valence-corrected chi connectivity index (χ0v) is 21.3. The Morgan fingerprint density at radius 1 is 1.06 bits per heavy atom. The third-order valence-electron chi connectivity index (χ3n) is 6.79. The first kappa shape index (κ1) is 25.3. The zero-order chi connectivity index (χ0) is 25.3. The minimum absolute atomic E-state index is 0.0312. The molecule has 2 aliphatic rings. The molecule has 4 rings (SSSR count). The van der Waals surface area contributed by atoms with E-state index in [-0.39, 0.29) is 35.6 Å². The molecule has 8 heteroatoms. The van der Waals surface area contributed by atoms with Gasteiger partial charge in [0.05, 0.1) is 12.6 Å². The van der Waals surface area contributed by atoms with Crippen molar-refractivity contribution in [1.82, 2.24) is 15.5 Å². The lowest BCUT2D eigenvalue weighted by molar-refractivity contribution is -0.132. The van der Waals surface area contributed by atoms with E-state index in [2.05, 4.69) is 10.6 Å². The summed E-state index contributed by atoms with van der Waals surface area (Å²) in [6.07, 6.45) is 0.298. The number of fused-ring (bicyclic) bond motifs is 3. The summed E-state index contributed by atoms with van der Waals surface area (Å²) in [5.74, 6) is -0.838. The van der Waals surface area contributed by atoms with E-state index in [9.17, 15) is 19.5 Å². The lowest BCUT2D eigenvalue weighted by Gasteiger charge is -2.31. The molecule has 0 aliphatic carbocycles. The van der Waals surface area contributed by atoms with Crippen LogP contribution in [0.25, 0.3) is 0 Å². The largest absolute Gasteiger partial charge is 0.394 e. The average molecular weight is 496 g/mol. The fourth-order valence-electron chi connectivity index (χ4n) is 4.82. The number of thioether (sulfide) groups is 1. The molecular formula is C27H33N3O4S. The van der Waals surface area contributed by atoms with Crippen LogP contribution < -0.4 is 10.6 Å². The van der Waals surface area contributed by atoms with E-state index in [1.54, 1.807) is 22.7 Å². The third kappa shape index (κ3) is 4.95. The standard InChI is InChI=1S/C27H33N3O4S/c1-16(2)21(15-31)29-23(32)20(14-17-10-6-5-7-11-17)28-24(33)22-27(3,4)35-26-19-13-9-8-12-18(19)25(34)30(22)26/h5-13,16,20-22,26,31H,14-15H2,1-4H3,(H,28,33)(H,29,32)/t20-,21+,22+,26?/m0/s1. The van der Waals surface area contributed by atoms with Crippen LogP contribution in [0.15, 0.2) is 54.6 Å². The molecule has 2 aliphatic heterocycles. The van der Waals surface area contributed by atoms with Crippen molar-refractivity contribution in [2.45, 2.75) is 62.4 Å². The summed E-state index contributed by atoms with van der Waals surface area (Å²) in [6, 6.07) is 15.0. The first-order valence-corrected chi connectivity index (χ1v) is 12.9. The minimum Gasteiger partial charge on any atom is -0.394 e. The smallest absolute Gasteiger partial charge is 0.256 e. The minimum atomic E-state index is -0.849. The van der Waals surface area contributed by atoms with Crippen LogP contribution in [-0.4, -0.2) is 57.2 Å². The van der Waals surface area contributed by atoms with Crippen molar-refractivity contribution in [3.8, 4) is 0 Å². The van der Waals surface area contributed by atoms with Gasteiger partial charge in [-0.3, -0.25) is 14.4 Å². The number of hydrogen-bond acceptors (Lipinski definition) is 5. The molecule has 2 aromatic carbocycles. The molecule has 7 nitrogen and oxygen atoms in total. The molecule has 3 amide bonds. The highest BCUT2D eigenvalue weighted by molar-refractivity contribution is 8.01. The van der Waals surface area contributed by atoms with Crippen LogP contribution in [0.2, 0.25) is 0 Å². The molecule has 0 bridgehead atoms. The van der Waals surface area contributed by atoms with Crippen molar-refractivity contribution in [1.29, 1.82) is 0 Å². The van der Waals surface area contributed by atoms with Crippen molar-refractivity contribution in [2.24, 2.45) is 5.92 Å². The predicted octanol–water partition coefficient (Wildman–Crippen LogP) is 2.90. The van der Waals surface area contributed by atoms with Crippen molar-refractivity contribution < 1.29 is 19.5 Å². The molecule has 2 heterocycles. The lowest BCUT2D eigenvalue weighted by Crippen LogP contribution is -2.58. The Labute approximate surface area is 210 Å². The molecule has 1 saturated heterocycles. The van der Waals surface area contributed by atoms with Crippen molar-refractivity contribution >= 4 is 29.5 Å². The van der Waals surface area contributed by atoms with Crippen LogP contribution in [0.5, 0.6) is 0 Å². The lowest BCUT2D eigenvalue weighted by atomic mass is 9.98. The van der Waals surface area contributed by atoms with Gasteiger partial charge in [0.25, 0.3) is 5.91 Å². The highest BCUT2D eigenvalue weighted by Gasteiger charge is 2.57. The Hall–Kier alpha value is -2.84. The number of aliphatic hydroxyl groups excluding tert-OH is 1. The Morgan fingerprint density at radius 3 is 2.37 bits per heavy atom. The van der Waals surface area contributed by atoms with Gasteiger partial charge < -0.3 is 20.6 Å². The van der Waals surface area contributed by atoms with Gasteiger partial charge in [-0.2, -0.15) is 0 Å². The van der Waals surface area contributed by atoms with E-state index in [1.807, 2.05) is 76.2 Å². The van der Waals surface area contributed by atoms with Crippen LogP contribution in [0.3, 0.4) is 0 Å². The highest BCUT2D eigenvalue weighted by atomic mass is 32.2. The summed E-state index contributed by atoms with van der Waals surface area (Å²) in [7, 11) is 0. The molecule has 3 N–H and O–H groups in total. The maximum absolute atomic E-state index is 13.7. The second kappa shape index (κ2) is 10.0. The molecule has 2 aromatic rings. The fraction of sp³-hybridized carbons (Fsp3) is 0.444. The first-order valence-electron chi connectivity index (χ1n) is 12.0. The maximum atomic E-state index is 13.7. The Morgan fingerprint density at radius 2 is 1.71 bits per heavy atom. The normalized spacial score (nSPS) is 21.9. The predicted molar refractivity (Wildman–Crippen MR) is 137 cm³/mol. The molecule has 35 heavy (non-hydrogen) atoms. The van der Waals surface area contributed by atoms with Gasteiger partial charge in [0.1, 0.15) is 17.5 Å². The zero-order valence-electron chi connectivity index (χ0n) is 20.5. The summed E-state index contributed by atoms with van der Waals surface area (Å²) in [5.41, 5.74) is 2.45.